The summed E-state index contributed by atoms with van der Waals surface area (Å²) in [5.41, 5.74) is -0.170. The molecule has 0 heterocycles. The van der Waals surface area contributed by atoms with Gasteiger partial charge in [0, 0.05) is 12.0 Å². The van der Waals surface area contributed by atoms with Crippen LogP contribution in [-0.4, -0.2) is 25.3 Å². The Bertz CT molecular complexity index is 224. The first kappa shape index (κ1) is 17.4. The molecule has 0 aliphatic rings. The average Bonchev–Trinajstić information content (AvgIpc) is 2.35. The van der Waals surface area contributed by atoms with Gasteiger partial charge >= 0.3 is 5.97 Å². The molecule has 0 saturated heterocycles. The van der Waals surface area contributed by atoms with Gasteiger partial charge in [-0.3, -0.25) is 0 Å². The molecule has 0 radical (unpaired) electrons. The zero-order valence-corrected chi connectivity index (χ0v) is 12.8. The van der Waals surface area contributed by atoms with Gasteiger partial charge in [-0.05, 0) is 19.3 Å². The number of ether oxygens (including phenoxy) is 2. The van der Waals surface area contributed by atoms with Crippen LogP contribution in [0, 0.1) is 5.41 Å². The third-order valence-electron chi connectivity index (χ3n) is 3.32. The smallest absolute Gasteiger partial charge is 0.335 e. The van der Waals surface area contributed by atoms with E-state index in [1.54, 1.807) is 0 Å². The number of hydrogen-bond donors (Lipinski definition) is 0. The molecular formula is C15H30O3. The second-order valence-electron chi connectivity index (χ2n) is 5.47. The van der Waals surface area contributed by atoms with Crippen molar-refractivity contribution >= 4 is 5.97 Å². The van der Waals surface area contributed by atoms with Crippen molar-refractivity contribution in [3.05, 3.63) is 0 Å². The Morgan fingerprint density at radius 1 is 1.06 bits per heavy atom. The van der Waals surface area contributed by atoms with Gasteiger partial charge in [0.2, 0.25) is 0 Å². The SMILES string of the molecule is CCCCCOC(=O)C(OCCC)C(C)(C)CC. The van der Waals surface area contributed by atoms with E-state index in [0.29, 0.717) is 13.2 Å². The van der Waals surface area contributed by atoms with E-state index in [1.807, 2.05) is 6.92 Å². The first-order valence-corrected chi connectivity index (χ1v) is 7.27. The van der Waals surface area contributed by atoms with Crippen LogP contribution in [0.15, 0.2) is 0 Å². The molecule has 0 N–H and O–H groups in total. The summed E-state index contributed by atoms with van der Waals surface area (Å²) in [6.45, 7) is 11.5. The molecule has 1 atom stereocenters. The Morgan fingerprint density at radius 2 is 1.72 bits per heavy atom. The van der Waals surface area contributed by atoms with Crippen molar-refractivity contribution in [3.8, 4) is 0 Å². The number of esters is 1. The molecule has 0 spiro atoms. The summed E-state index contributed by atoms with van der Waals surface area (Å²) in [5, 5.41) is 0. The molecule has 3 nitrogen and oxygen atoms in total. The summed E-state index contributed by atoms with van der Waals surface area (Å²) in [6, 6.07) is 0. The quantitative estimate of drug-likeness (QED) is 0.439. The summed E-state index contributed by atoms with van der Waals surface area (Å²) in [6.07, 6.45) is 4.54. The first-order chi connectivity index (χ1) is 8.49. The van der Waals surface area contributed by atoms with Crippen LogP contribution in [0.2, 0.25) is 0 Å². The zero-order chi connectivity index (χ0) is 14.0. The van der Waals surface area contributed by atoms with Crippen LogP contribution < -0.4 is 0 Å². The molecule has 0 aliphatic carbocycles. The molecule has 1 unspecified atom stereocenters. The summed E-state index contributed by atoms with van der Waals surface area (Å²) < 4.78 is 11.0. The maximum Gasteiger partial charge on any atom is 0.335 e. The molecule has 0 bridgehead atoms. The third kappa shape index (κ3) is 6.39. The van der Waals surface area contributed by atoms with Crippen molar-refractivity contribution in [1.82, 2.24) is 0 Å². The van der Waals surface area contributed by atoms with Gasteiger partial charge in [0.15, 0.2) is 6.10 Å². The molecule has 0 aromatic heterocycles. The van der Waals surface area contributed by atoms with Gasteiger partial charge in [0.05, 0.1) is 6.61 Å². The van der Waals surface area contributed by atoms with E-state index in [2.05, 4.69) is 27.7 Å². The largest absolute Gasteiger partial charge is 0.464 e. The Kier molecular flexibility index (Phi) is 9.08. The molecule has 108 valence electrons. The van der Waals surface area contributed by atoms with E-state index in [9.17, 15) is 4.79 Å². The van der Waals surface area contributed by atoms with E-state index in [1.165, 1.54) is 0 Å². The van der Waals surface area contributed by atoms with Crippen molar-refractivity contribution in [3.63, 3.8) is 0 Å². The molecular weight excluding hydrogens is 228 g/mol. The Hall–Kier alpha value is -0.570. The minimum atomic E-state index is -0.441. The lowest BCUT2D eigenvalue weighted by molar-refractivity contribution is -0.166. The lowest BCUT2D eigenvalue weighted by atomic mass is 9.83. The third-order valence-corrected chi connectivity index (χ3v) is 3.32. The van der Waals surface area contributed by atoms with E-state index in [4.69, 9.17) is 9.47 Å². The van der Waals surface area contributed by atoms with Crippen molar-refractivity contribution in [2.75, 3.05) is 13.2 Å². The maximum atomic E-state index is 12.1. The van der Waals surface area contributed by atoms with Crippen molar-refractivity contribution in [2.24, 2.45) is 5.41 Å². The Labute approximate surface area is 112 Å². The molecule has 0 fully saturated rings. The first-order valence-electron chi connectivity index (χ1n) is 7.27. The van der Waals surface area contributed by atoms with Gasteiger partial charge in [0.1, 0.15) is 0 Å². The number of carbonyl (C=O) groups is 1. The number of unbranched alkanes of at least 4 members (excludes halogenated alkanes) is 2. The van der Waals surface area contributed by atoms with Crippen molar-refractivity contribution in [2.45, 2.75) is 72.8 Å². The van der Waals surface area contributed by atoms with E-state index in [0.717, 1.165) is 32.1 Å². The summed E-state index contributed by atoms with van der Waals surface area (Å²) in [4.78, 5) is 12.1. The van der Waals surface area contributed by atoms with Crippen LogP contribution >= 0.6 is 0 Å². The van der Waals surface area contributed by atoms with Crippen molar-refractivity contribution < 1.29 is 14.3 Å². The highest BCUT2D eigenvalue weighted by Crippen LogP contribution is 2.28. The molecule has 18 heavy (non-hydrogen) atoms. The molecule has 0 aliphatic heterocycles. The van der Waals surface area contributed by atoms with Crippen LogP contribution in [0.1, 0.15) is 66.7 Å². The summed E-state index contributed by atoms with van der Waals surface area (Å²) >= 11 is 0. The van der Waals surface area contributed by atoms with Crippen LogP contribution in [-0.2, 0) is 14.3 Å². The monoisotopic (exact) mass is 258 g/mol. The average molecular weight is 258 g/mol. The molecule has 0 saturated carbocycles. The lowest BCUT2D eigenvalue weighted by Gasteiger charge is -2.31. The predicted molar refractivity (Wildman–Crippen MR) is 74.6 cm³/mol. The summed E-state index contributed by atoms with van der Waals surface area (Å²) in [5.74, 6) is -0.202. The minimum Gasteiger partial charge on any atom is -0.464 e. The van der Waals surface area contributed by atoms with E-state index in [-0.39, 0.29) is 11.4 Å². The Balaban J connectivity index is 4.32. The van der Waals surface area contributed by atoms with Crippen LogP contribution in [0.3, 0.4) is 0 Å². The fourth-order valence-electron chi connectivity index (χ4n) is 1.63. The predicted octanol–water partition coefficient (Wildman–Crippen LogP) is 3.95. The number of rotatable bonds is 10. The van der Waals surface area contributed by atoms with E-state index < -0.39 is 6.10 Å². The minimum absolute atomic E-state index is 0.170. The Morgan fingerprint density at radius 3 is 2.22 bits per heavy atom. The molecule has 3 heteroatoms. The molecule has 0 amide bonds. The topological polar surface area (TPSA) is 35.5 Å². The van der Waals surface area contributed by atoms with Gasteiger partial charge < -0.3 is 9.47 Å². The second kappa shape index (κ2) is 9.37. The summed E-state index contributed by atoms with van der Waals surface area (Å²) in [7, 11) is 0. The standard InChI is InChI=1S/C15H30O3/c1-6-9-10-12-18-14(16)13(17-11-7-2)15(4,5)8-3/h13H,6-12H2,1-5H3. The highest BCUT2D eigenvalue weighted by atomic mass is 16.6. The van der Waals surface area contributed by atoms with Crippen LogP contribution in [0.25, 0.3) is 0 Å². The van der Waals surface area contributed by atoms with Gasteiger partial charge in [-0.1, -0.05) is 47.5 Å². The molecule has 0 aromatic carbocycles. The molecule has 0 rings (SSSR count). The van der Waals surface area contributed by atoms with Crippen LogP contribution in [0.5, 0.6) is 0 Å². The highest BCUT2D eigenvalue weighted by Gasteiger charge is 2.35. The highest BCUT2D eigenvalue weighted by molar-refractivity contribution is 5.75. The van der Waals surface area contributed by atoms with Gasteiger partial charge in [-0.15, -0.1) is 0 Å². The second-order valence-corrected chi connectivity index (χ2v) is 5.47. The van der Waals surface area contributed by atoms with Crippen LogP contribution in [0.4, 0.5) is 0 Å². The molecule has 0 aromatic rings. The van der Waals surface area contributed by atoms with Gasteiger partial charge in [-0.25, -0.2) is 4.79 Å². The van der Waals surface area contributed by atoms with Crippen molar-refractivity contribution in [1.29, 1.82) is 0 Å². The maximum absolute atomic E-state index is 12.1. The normalized spacial score (nSPS) is 13.4. The number of hydrogen-bond acceptors (Lipinski definition) is 3. The number of carbonyl (C=O) groups excluding carboxylic acids is 1. The van der Waals surface area contributed by atoms with Gasteiger partial charge in [-0.2, -0.15) is 0 Å². The fraction of sp³-hybridized carbons (Fsp3) is 0.933. The fourth-order valence-corrected chi connectivity index (χ4v) is 1.63. The van der Waals surface area contributed by atoms with Gasteiger partial charge in [0.25, 0.3) is 0 Å². The lowest BCUT2D eigenvalue weighted by Crippen LogP contribution is -2.40. The van der Waals surface area contributed by atoms with E-state index >= 15 is 0 Å². The zero-order valence-electron chi connectivity index (χ0n) is 12.8.